The second-order valence-corrected chi connectivity index (χ2v) is 8.03. The monoisotopic (exact) mass is 496 g/mol. The fourth-order valence-corrected chi connectivity index (χ4v) is 3.61. The number of ether oxygens (including phenoxy) is 2. The molecule has 0 radical (unpaired) electrons. The second kappa shape index (κ2) is 14.8. The summed E-state index contributed by atoms with van der Waals surface area (Å²) in [4.78, 5) is 7.30. The van der Waals surface area contributed by atoms with E-state index in [4.69, 9.17) is 14.5 Å². The molecule has 0 spiro atoms. The van der Waals surface area contributed by atoms with Crippen molar-refractivity contribution in [2.24, 2.45) is 16.8 Å². The van der Waals surface area contributed by atoms with E-state index in [0.29, 0.717) is 12.0 Å². The van der Waals surface area contributed by atoms with Crippen molar-refractivity contribution < 1.29 is 9.47 Å². The molecule has 0 amide bonds. The summed E-state index contributed by atoms with van der Waals surface area (Å²) in [7, 11) is 0. The van der Waals surface area contributed by atoms with Crippen molar-refractivity contribution in [2.45, 2.75) is 52.5 Å². The second-order valence-electron chi connectivity index (χ2n) is 8.03. The van der Waals surface area contributed by atoms with Gasteiger partial charge in [0.2, 0.25) is 0 Å². The Kier molecular flexibility index (Phi) is 13.7. The van der Waals surface area contributed by atoms with Gasteiger partial charge in [-0.3, -0.25) is 4.99 Å². The Morgan fingerprint density at radius 2 is 2.04 bits per heavy atom. The van der Waals surface area contributed by atoms with Crippen molar-refractivity contribution in [3.8, 4) is 0 Å². The van der Waals surface area contributed by atoms with Gasteiger partial charge in [-0.1, -0.05) is 13.8 Å². The van der Waals surface area contributed by atoms with Gasteiger partial charge in [-0.25, -0.2) is 0 Å². The van der Waals surface area contributed by atoms with Gasteiger partial charge >= 0.3 is 0 Å². The Bertz CT molecular complexity index is 395. The summed E-state index contributed by atoms with van der Waals surface area (Å²) in [6, 6.07) is 0.537. The van der Waals surface area contributed by atoms with Gasteiger partial charge in [0, 0.05) is 57.9 Å². The molecule has 0 bridgehead atoms. The normalized spacial score (nSPS) is 22.1. The van der Waals surface area contributed by atoms with Gasteiger partial charge in [0.1, 0.15) is 0 Å². The van der Waals surface area contributed by atoms with Crippen LogP contribution in [0.5, 0.6) is 0 Å². The van der Waals surface area contributed by atoms with E-state index < -0.39 is 0 Å². The molecule has 7 heteroatoms. The number of hydrogen-bond donors (Lipinski definition) is 2. The number of piperidine rings is 1. The smallest absolute Gasteiger partial charge is 0.191 e. The molecule has 0 aromatic rings. The number of halogens is 1. The Morgan fingerprint density at radius 1 is 1.26 bits per heavy atom. The van der Waals surface area contributed by atoms with Gasteiger partial charge < -0.3 is 25.0 Å². The number of guanidine groups is 1. The minimum Gasteiger partial charge on any atom is -0.381 e. The molecule has 0 aromatic heterocycles. The predicted octanol–water partition coefficient (Wildman–Crippen LogP) is 2.72. The van der Waals surface area contributed by atoms with Gasteiger partial charge in [-0.15, -0.1) is 24.0 Å². The largest absolute Gasteiger partial charge is 0.381 e. The quantitative estimate of drug-likeness (QED) is 0.211. The highest BCUT2D eigenvalue weighted by molar-refractivity contribution is 14.0. The number of rotatable bonds is 10. The fraction of sp³-hybridized carbons (Fsp3) is 0.950. The minimum atomic E-state index is 0. The molecule has 2 N–H and O–H groups in total. The lowest BCUT2D eigenvalue weighted by Crippen LogP contribution is -2.49. The Labute approximate surface area is 183 Å². The summed E-state index contributed by atoms with van der Waals surface area (Å²) < 4.78 is 11.1. The summed E-state index contributed by atoms with van der Waals surface area (Å²) in [6.07, 6.45) is 4.51. The van der Waals surface area contributed by atoms with Crippen molar-refractivity contribution in [3.63, 3.8) is 0 Å². The molecule has 0 aromatic carbocycles. The Hall–Kier alpha value is -0.120. The van der Waals surface area contributed by atoms with Gasteiger partial charge in [0.15, 0.2) is 5.96 Å². The molecule has 27 heavy (non-hydrogen) atoms. The van der Waals surface area contributed by atoms with Crippen molar-refractivity contribution in [3.05, 3.63) is 0 Å². The van der Waals surface area contributed by atoms with Crippen LogP contribution in [0.4, 0.5) is 0 Å². The zero-order valence-corrected chi connectivity index (χ0v) is 19.9. The molecule has 0 aliphatic carbocycles. The third kappa shape index (κ3) is 10.9. The lowest BCUT2D eigenvalue weighted by Gasteiger charge is -2.34. The van der Waals surface area contributed by atoms with Crippen LogP contribution in [0.3, 0.4) is 0 Å². The molecule has 2 saturated heterocycles. The van der Waals surface area contributed by atoms with E-state index in [2.05, 4.69) is 36.3 Å². The Balaban J connectivity index is 0.00000364. The number of nitrogens with zero attached hydrogens (tertiary/aromatic N) is 2. The van der Waals surface area contributed by atoms with Gasteiger partial charge in [0.05, 0.1) is 13.2 Å². The van der Waals surface area contributed by atoms with E-state index in [-0.39, 0.29) is 24.0 Å². The van der Waals surface area contributed by atoms with Crippen LogP contribution in [0.1, 0.15) is 46.5 Å². The highest BCUT2D eigenvalue weighted by Gasteiger charge is 2.20. The van der Waals surface area contributed by atoms with Crippen LogP contribution in [0, 0.1) is 11.8 Å². The molecule has 1 atom stereocenters. The highest BCUT2D eigenvalue weighted by atomic mass is 127. The minimum absolute atomic E-state index is 0. The molecule has 6 nitrogen and oxygen atoms in total. The van der Waals surface area contributed by atoms with Crippen LogP contribution < -0.4 is 10.6 Å². The standard InChI is InChI=1S/C20H40N4O2.HI/c1-4-21-20(22-9-5-12-25-15-18-8-13-26-16-18)23-19-6-10-24(11-7-19)14-17(2)3;/h17-19H,4-16H2,1-3H3,(H2,21,22,23);1H. The summed E-state index contributed by atoms with van der Waals surface area (Å²) >= 11 is 0. The number of aliphatic imine (C=N–C) groups is 1. The molecule has 2 heterocycles. The highest BCUT2D eigenvalue weighted by Crippen LogP contribution is 2.13. The van der Waals surface area contributed by atoms with E-state index in [1.165, 1.54) is 32.5 Å². The van der Waals surface area contributed by atoms with E-state index in [0.717, 1.165) is 64.2 Å². The topological polar surface area (TPSA) is 58.1 Å². The van der Waals surface area contributed by atoms with Crippen LogP contribution in [-0.4, -0.2) is 76.1 Å². The summed E-state index contributed by atoms with van der Waals surface area (Å²) in [5.41, 5.74) is 0. The molecule has 1 unspecified atom stereocenters. The molecular formula is C20H41IN4O2. The first kappa shape index (κ1) is 24.9. The van der Waals surface area contributed by atoms with Gasteiger partial charge in [-0.05, 0) is 38.5 Å². The van der Waals surface area contributed by atoms with Crippen molar-refractivity contribution in [2.75, 3.05) is 59.2 Å². The SMILES string of the molecule is CCNC(=NCCCOCC1CCOC1)NC1CCN(CC(C)C)CC1.I. The summed E-state index contributed by atoms with van der Waals surface area (Å²) in [6.45, 7) is 15.4. The van der Waals surface area contributed by atoms with Crippen LogP contribution in [0.15, 0.2) is 4.99 Å². The van der Waals surface area contributed by atoms with Crippen LogP contribution in [0.25, 0.3) is 0 Å². The average molecular weight is 496 g/mol. The summed E-state index contributed by atoms with van der Waals surface area (Å²) in [5.74, 6) is 2.31. The Morgan fingerprint density at radius 3 is 2.67 bits per heavy atom. The van der Waals surface area contributed by atoms with Crippen molar-refractivity contribution in [1.82, 2.24) is 15.5 Å². The molecule has 2 aliphatic rings. The van der Waals surface area contributed by atoms with Crippen molar-refractivity contribution >= 4 is 29.9 Å². The maximum absolute atomic E-state index is 5.76. The zero-order chi connectivity index (χ0) is 18.6. The first-order valence-electron chi connectivity index (χ1n) is 10.6. The average Bonchev–Trinajstić information content (AvgIpc) is 3.12. The zero-order valence-electron chi connectivity index (χ0n) is 17.5. The van der Waals surface area contributed by atoms with Gasteiger partial charge in [0.25, 0.3) is 0 Å². The first-order chi connectivity index (χ1) is 12.7. The van der Waals surface area contributed by atoms with Crippen LogP contribution >= 0.6 is 24.0 Å². The van der Waals surface area contributed by atoms with E-state index >= 15 is 0 Å². The van der Waals surface area contributed by atoms with Crippen molar-refractivity contribution in [1.29, 1.82) is 0 Å². The van der Waals surface area contributed by atoms with Crippen LogP contribution in [0.2, 0.25) is 0 Å². The molecule has 2 aliphatic heterocycles. The van der Waals surface area contributed by atoms with E-state index in [9.17, 15) is 0 Å². The molecule has 0 saturated carbocycles. The maximum Gasteiger partial charge on any atom is 0.191 e. The number of likely N-dealkylation sites (tertiary alicyclic amines) is 1. The van der Waals surface area contributed by atoms with Gasteiger partial charge in [-0.2, -0.15) is 0 Å². The maximum atomic E-state index is 5.76. The third-order valence-corrected chi connectivity index (χ3v) is 4.99. The molecule has 2 rings (SSSR count). The molecular weight excluding hydrogens is 455 g/mol. The van der Waals surface area contributed by atoms with E-state index in [1.807, 2.05) is 0 Å². The lowest BCUT2D eigenvalue weighted by atomic mass is 10.0. The molecule has 2 fully saturated rings. The molecule has 160 valence electrons. The lowest BCUT2D eigenvalue weighted by molar-refractivity contribution is 0.0893. The van der Waals surface area contributed by atoms with Crippen LogP contribution in [-0.2, 0) is 9.47 Å². The number of nitrogens with one attached hydrogen (secondary N) is 2. The predicted molar refractivity (Wildman–Crippen MR) is 123 cm³/mol. The van der Waals surface area contributed by atoms with E-state index in [1.54, 1.807) is 0 Å². The summed E-state index contributed by atoms with van der Waals surface area (Å²) in [5, 5.41) is 7.00. The first-order valence-corrected chi connectivity index (χ1v) is 10.6. The third-order valence-electron chi connectivity index (χ3n) is 4.99. The fourth-order valence-electron chi connectivity index (χ4n) is 3.61. The number of hydrogen-bond acceptors (Lipinski definition) is 4.